The average Bonchev–Trinajstić information content (AvgIpc) is 3.00. The standard InChI is InChI=1S/C17H28N4O2/c1-2-23-17(22)21-10-3-4-15(7-13-21)20-11-5-14(6-12-20)16-18-8-9-19-16/h8-9,14-15H,2-7,10-13H2,1H3,(H,18,19). The largest absolute Gasteiger partial charge is 0.450 e. The number of amides is 1. The highest BCUT2D eigenvalue weighted by Gasteiger charge is 2.29. The summed E-state index contributed by atoms with van der Waals surface area (Å²) in [5.74, 6) is 1.71. The summed E-state index contributed by atoms with van der Waals surface area (Å²) < 4.78 is 5.14. The third-order valence-corrected chi connectivity index (χ3v) is 5.18. The van der Waals surface area contributed by atoms with Gasteiger partial charge in [0.25, 0.3) is 0 Å². The summed E-state index contributed by atoms with van der Waals surface area (Å²) in [6, 6.07) is 0.604. The lowest BCUT2D eigenvalue weighted by Crippen LogP contribution is -2.42. The van der Waals surface area contributed by atoms with Crippen LogP contribution in [0.3, 0.4) is 0 Å². The summed E-state index contributed by atoms with van der Waals surface area (Å²) >= 11 is 0. The van der Waals surface area contributed by atoms with Crippen LogP contribution in [0.2, 0.25) is 0 Å². The first-order valence-corrected chi connectivity index (χ1v) is 8.93. The van der Waals surface area contributed by atoms with E-state index in [2.05, 4.69) is 14.9 Å². The lowest BCUT2D eigenvalue weighted by molar-refractivity contribution is 0.105. The van der Waals surface area contributed by atoms with E-state index in [1.807, 2.05) is 24.2 Å². The van der Waals surface area contributed by atoms with E-state index < -0.39 is 0 Å². The Morgan fingerprint density at radius 1 is 1.26 bits per heavy atom. The average molecular weight is 320 g/mol. The van der Waals surface area contributed by atoms with Gasteiger partial charge in [-0.25, -0.2) is 9.78 Å². The fraction of sp³-hybridized carbons (Fsp3) is 0.765. The van der Waals surface area contributed by atoms with Crippen LogP contribution in [0.25, 0.3) is 0 Å². The summed E-state index contributed by atoms with van der Waals surface area (Å²) in [5.41, 5.74) is 0. The molecule has 2 aliphatic heterocycles. The van der Waals surface area contributed by atoms with Crippen molar-refractivity contribution in [3.05, 3.63) is 18.2 Å². The molecule has 23 heavy (non-hydrogen) atoms. The number of likely N-dealkylation sites (tertiary alicyclic amines) is 2. The number of rotatable bonds is 3. The Morgan fingerprint density at radius 3 is 2.78 bits per heavy atom. The van der Waals surface area contributed by atoms with Crippen LogP contribution >= 0.6 is 0 Å². The predicted octanol–water partition coefficient (Wildman–Crippen LogP) is 2.60. The molecule has 0 aromatic carbocycles. The lowest BCUT2D eigenvalue weighted by atomic mass is 9.94. The topological polar surface area (TPSA) is 61.5 Å². The molecule has 1 amide bonds. The van der Waals surface area contributed by atoms with Crippen molar-refractivity contribution in [3.8, 4) is 0 Å². The molecule has 2 aliphatic rings. The van der Waals surface area contributed by atoms with Gasteiger partial charge in [0.2, 0.25) is 0 Å². The van der Waals surface area contributed by atoms with Gasteiger partial charge >= 0.3 is 6.09 Å². The van der Waals surface area contributed by atoms with Crippen LogP contribution in [-0.4, -0.2) is 64.7 Å². The van der Waals surface area contributed by atoms with Crippen LogP contribution < -0.4 is 0 Å². The Hall–Kier alpha value is -1.56. The van der Waals surface area contributed by atoms with E-state index in [0.29, 0.717) is 18.6 Å². The van der Waals surface area contributed by atoms with Gasteiger partial charge in [0.05, 0.1) is 6.61 Å². The van der Waals surface area contributed by atoms with Gasteiger partial charge in [0, 0.05) is 37.4 Å². The van der Waals surface area contributed by atoms with Gasteiger partial charge in [-0.1, -0.05) is 0 Å². The minimum Gasteiger partial charge on any atom is -0.450 e. The number of aromatic amines is 1. The molecule has 0 aliphatic carbocycles. The highest BCUT2D eigenvalue weighted by atomic mass is 16.6. The fourth-order valence-electron chi connectivity index (χ4n) is 3.88. The number of nitrogens with zero attached hydrogens (tertiary/aromatic N) is 3. The third kappa shape index (κ3) is 4.05. The number of imidazole rings is 1. The molecule has 3 rings (SSSR count). The number of nitrogens with one attached hydrogen (secondary N) is 1. The molecule has 6 nitrogen and oxygen atoms in total. The minimum atomic E-state index is -0.148. The number of ether oxygens (including phenoxy) is 1. The van der Waals surface area contributed by atoms with E-state index in [1.165, 1.54) is 19.3 Å². The third-order valence-electron chi connectivity index (χ3n) is 5.18. The SMILES string of the molecule is CCOC(=O)N1CCCC(N2CCC(c3ncc[nH]3)CC2)CC1. The molecular weight excluding hydrogens is 292 g/mol. The van der Waals surface area contributed by atoms with Crippen LogP contribution in [0.5, 0.6) is 0 Å². The number of aromatic nitrogens is 2. The normalized spacial score (nSPS) is 24.4. The van der Waals surface area contributed by atoms with E-state index in [1.54, 1.807) is 0 Å². The second kappa shape index (κ2) is 7.81. The number of piperidine rings is 1. The van der Waals surface area contributed by atoms with Crippen LogP contribution in [0.4, 0.5) is 4.79 Å². The Kier molecular flexibility index (Phi) is 5.54. The van der Waals surface area contributed by atoms with Crippen LogP contribution in [-0.2, 0) is 4.74 Å². The molecule has 1 N–H and O–H groups in total. The molecule has 1 aromatic rings. The maximum absolute atomic E-state index is 11.9. The van der Waals surface area contributed by atoms with Crippen molar-refractivity contribution in [2.24, 2.45) is 0 Å². The summed E-state index contributed by atoms with van der Waals surface area (Å²) in [7, 11) is 0. The van der Waals surface area contributed by atoms with Gasteiger partial charge < -0.3 is 19.5 Å². The lowest BCUT2D eigenvalue weighted by Gasteiger charge is -2.36. The fourth-order valence-corrected chi connectivity index (χ4v) is 3.88. The van der Waals surface area contributed by atoms with Crippen molar-refractivity contribution >= 4 is 6.09 Å². The Morgan fingerprint density at radius 2 is 2.09 bits per heavy atom. The molecule has 1 aromatic heterocycles. The summed E-state index contributed by atoms with van der Waals surface area (Å²) in [6.45, 7) is 6.24. The van der Waals surface area contributed by atoms with Gasteiger partial charge in [-0.3, -0.25) is 0 Å². The van der Waals surface area contributed by atoms with Gasteiger partial charge in [0.1, 0.15) is 5.82 Å². The first-order chi connectivity index (χ1) is 11.3. The first kappa shape index (κ1) is 16.3. The molecule has 2 saturated heterocycles. The summed E-state index contributed by atoms with van der Waals surface area (Å²) in [4.78, 5) is 24.0. The van der Waals surface area contributed by atoms with Gasteiger partial charge in [-0.05, 0) is 52.1 Å². The van der Waals surface area contributed by atoms with E-state index >= 15 is 0 Å². The van der Waals surface area contributed by atoms with E-state index in [9.17, 15) is 4.79 Å². The molecule has 0 bridgehead atoms. The van der Waals surface area contributed by atoms with Crippen molar-refractivity contribution in [1.29, 1.82) is 0 Å². The van der Waals surface area contributed by atoms with E-state index in [4.69, 9.17) is 4.74 Å². The van der Waals surface area contributed by atoms with Crippen molar-refractivity contribution < 1.29 is 9.53 Å². The number of hydrogen-bond acceptors (Lipinski definition) is 4. The molecule has 128 valence electrons. The first-order valence-electron chi connectivity index (χ1n) is 8.93. The maximum Gasteiger partial charge on any atom is 0.409 e. The zero-order valence-electron chi connectivity index (χ0n) is 14.0. The highest BCUT2D eigenvalue weighted by Crippen LogP contribution is 2.28. The maximum atomic E-state index is 11.9. The zero-order valence-corrected chi connectivity index (χ0v) is 14.0. The smallest absolute Gasteiger partial charge is 0.409 e. The Labute approximate surface area is 138 Å². The summed E-state index contributed by atoms with van der Waals surface area (Å²) in [6.07, 6.45) is 9.27. The quantitative estimate of drug-likeness (QED) is 0.930. The molecule has 6 heteroatoms. The minimum absolute atomic E-state index is 0.148. The van der Waals surface area contributed by atoms with E-state index in [-0.39, 0.29) is 6.09 Å². The Bertz CT molecular complexity index is 483. The van der Waals surface area contributed by atoms with Crippen molar-refractivity contribution in [1.82, 2.24) is 19.8 Å². The number of hydrogen-bond donors (Lipinski definition) is 1. The highest BCUT2D eigenvalue weighted by molar-refractivity contribution is 5.67. The second-order valence-corrected chi connectivity index (χ2v) is 6.56. The number of carbonyl (C=O) groups is 1. The van der Waals surface area contributed by atoms with Gasteiger partial charge in [0.15, 0.2) is 0 Å². The molecule has 1 atom stereocenters. The number of H-pyrrole nitrogens is 1. The molecular formula is C17H28N4O2. The second-order valence-electron chi connectivity index (χ2n) is 6.56. The van der Waals surface area contributed by atoms with Crippen molar-refractivity contribution in [3.63, 3.8) is 0 Å². The monoisotopic (exact) mass is 320 g/mol. The van der Waals surface area contributed by atoms with Crippen LogP contribution in [0, 0.1) is 0 Å². The molecule has 0 saturated carbocycles. The molecule has 1 unspecified atom stereocenters. The van der Waals surface area contributed by atoms with Crippen molar-refractivity contribution in [2.75, 3.05) is 32.8 Å². The van der Waals surface area contributed by atoms with Crippen molar-refractivity contribution in [2.45, 2.75) is 51.0 Å². The van der Waals surface area contributed by atoms with Crippen LogP contribution in [0.15, 0.2) is 12.4 Å². The van der Waals surface area contributed by atoms with E-state index in [0.717, 1.165) is 44.8 Å². The Balaban J connectivity index is 1.48. The zero-order chi connectivity index (χ0) is 16.1. The molecule has 0 spiro atoms. The van der Waals surface area contributed by atoms with Crippen LogP contribution in [0.1, 0.15) is 50.8 Å². The molecule has 3 heterocycles. The van der Waals surface area contributed by atoms with Gasteiger partial charge in [-0.2, -0.15) is 0 Å². The molecule has 0 radical (unpaired) electrons. The molecule has 2 fully saturated rings. The predicted molar refractivity (Wildman–Crippen MR) is 88.4 cm³/mol. The number of carbonyl (C=O) groups excluding carboxylic acids is 1. The summed E-state index contributed by atoms with van der Waals surface area (Å²) in [5, 5.41) is 0. The van der Waals surface area contributed by atoms with Gasteiger partial charge in [-0.15, -0.1) is 0 Å².